The molecular formula is C16H25NO5. The quantitative estimate of drug-likeness (QED) is 0.732. The van der Waals surface area contributed by atoms with E-state index in [2.05, 4.69) is 4.90 Å². The average molecular weight is 311 g/mol. The Morgan fingerprint density at radius 3 is 3.18 bits per heavy atom. The molecule has 2 rings (SSSR count). The summed E-state index contributed by atoms with van der Waals surface area (Å²) in [6.45, 7) is 4.89. The third-order valence-electron chi connectivity index (χ3n) is 3.73. The van der Waals surface area contributed by atoms with Crippen LogP contribution in [0.15, 0.2) is 22.8 Å². The molecule has 0 saturated carbocycles. The van der Waals surface area contributed by atoms with Crippen molar-refractivity contribution in [1.82, 2.24) is 4.90 Å². The molecule has 124 valence electrons. The van der Waals surface area contributed by atoms with E-state index < -0.39 is 6.10 Å². The Kier molecular flexibility index (Phi) is 6.89. The predicted octanol–water partition coefficient (Wildman–Crippen LogP) is 1.43. The van der Waals surface area contributed by atoms with E-state index in [1.807, 2.05) is 13.0 Å². The van der Waals surface area contributed by atoms with Crippen molar-refractivity contribution in [2.45, 2.75) is 32.5 Å². The third-order valence-corrected chi connectivity index (χ3v) is 3.73. The third kappa shape index (κ3) is 5.44. The molecule has 0 aromatic carbocycles. The first-order valence-electron chi connectivity index (χ1n) is 7.86. The number of rotatable bonds is 8. The van der Waals surface area contributed by atoms with Crippen LogP contribution in [0.5, 0.6) is 0 Å². The molecule has 1 aromatic heterocycles. The number of likely N-dealkylation sites (tertiary alicyclic amines) is 1. The lowest BCUT2D eigenvalue weighted by Gasteiger charge is -2.32. The fourth-order valence-electron chi connectivity index (χ4n) is 2.71. The highest BCUT2D eigenvalue weighted by atomic mass is 16.5. The molecule has 1 aromatic rings. The van der Waals surface area contributed by atoms with Gasteiger partial charge in [0.2, 0.25) is 0 Å². The molecule has 6 heteroatoms. The van der Waals surface area contributed by atoms with Crippen molar-refractivity contribution in [1.29, 1.82) is 0 Å². The maximum atomic E-state index is 11.8. The van der Waals surface area contributed by atoms with Gasteiger partial charge in [0, 0.05) is 13.1 Å². The molecule has 6 nitrogen and oxygen atoms in total. The fraction of sp³-hybridized carbons (Fsp3) is 0.688. The van der Waals surface area contributed by atoms with Gasteiger partial charge in [-0.2, -0.15) is 0 Å². The highest BCUT2D eigenvalue weighted by Gasteiger charge is 2.27. The minimum atomic E-state index is -0.573. The Balaban J connectivity index is 1.67. The molecule has 1 saturated heterocycles. The number of aliphatic hydroxyl groups is 1. The van der Waals surface area contributed by atoms with Crippen molar-refractivity contribution in [3.05, 3.63) is 24.2 Å². The molecular weight excluding hydrogens is 286 g/mol. The van der Waals surface area contributed by atoms with Crippen LogP contribution in [0.3, 0.4) is 0 Å². The van der Waals surface area contributed by atoms with Gasteiger partial charge in [0.05, 0.1) is 31.5 Å². The van der Waals surface area contributed by atoms with E-state index in [1.54, 1.807) is 12.3 Å². The van der Waals surface area contributed by atoms with E-state index in [4.69, 9.17) is 13.9 Å². The van der Waals surface area contributed by atoms with Crippen LogP contribution in [0.2, 0.25) is 0 Å². The SMILES string of the molecule is CCOC(=O)[C@H]1CCCN(C[C@H](O)COCc2ccco2)C1. The first kappa shape index (κ1) is 17.0. The van der Waals surface area contributed by atoms with E-state index in [1.165, 1.54) is 0 Å². The molecule has 22 heavy (non-hydrogen) atoms. The van der Waals surface area contributed by atoms with Gasteiger partial charge < -0.3 is 19.0 Å². The molecule has 0 radical (unpaired) electrons. The Hall–Kier alpha value is -1.37. The Labute approximate surface area is 131 Å². The summed E-state index contributed by atoms with van der Waals surface area (Å²) in [4.78, 5) is 13.9. The van der Waals surface area contributed by atoms with Gasteiger partial charge in [0.15, 0.2) is 0 Å². The monoisotopic (exact) mass is 311 g/mol. The first-order valence-corrected chi connectivity index (χ1v) is 7.86. The van der Waals surface area contributed by atoms with Gasteiger partial charge in [-0.15, -0.1) is 0 Å². The summed E-state index contributed by atoms with van der Waals surface area (Å²) in [6.07, 6.45) is 2.83. The maximum Gasteiger partial charge on any atom is 0.310 e. The van der Waals surface area contributed by atoms with E-state index in [9.17, 15) is 9.90 Å². The van der Waals surface area contributed by atoms with Gasteiger partial charge in [-0.25, -0.2) is 0 Å². The second kappa shape index (κ2) is 8.92. The lowest BCUT2D eigenvalue weighted by atomic mass is 9.98. The van der Waals surface area contributed by atoms with Crippen LogP contribution < -0.4 is 0 Å². The highest BCUT2D eigenvalue weighted by Crippen LogP contribution is 2.18. The van der Waals surface area contributed by atoms with Crippen LogP contribution in [0, 0.1) is 5.92 Å². The molecule has 0 amide bonds. The molecule has 0 bridgehead atoms. The molecule has 2 atom stereocenters. The Morgan fingerprint density at radius 2 is 2.45 bits per heavy atom. The molecule has 1 aliphatic rings. The van der Waals surface area contributed by atoms with Crippen LogP contribution >= 0.6 is 0 Å². The second-order valence-electron chi connectivity index (χ2n) is 5.60. The number of hydrogen-bond acceptors (Lipinski definition) is 6. The predicted molar refractivity (Wildman–Crippen MR) is 80.2 cm³/mol. The van der Waals surface area contributed by atoms with Crippen LogP contribution in [-0.4, -0.2) is 54.9 Å². The Morgan fingerprint density at radius 1 is 1.59 bits per heavy atom. The van der Waals surface area contributed by atoms with Crippen LogP contribution in [-0.2, 0) is 20.9 Å². The zero-order valence-electron chi connectivity index (χ0n) is 13.1. The average Bonchev–Trinajstić information content (AvgIpc) is 3.01. The second-order valence-corrected chi connectivity index (χ2v) is 5.60. The summed E-state index contributed by atoms with van der Waals surface area (Å²) < 4.78 is 15.7. The number of aliphatic hydroxyl groups excluding tert-OH is 1. The van der Waals surface area contributed by atoms with Gasteiger partial charge in [-0.1, -0.05) is 0 Å². The fourth-order valence-corrected chi connectivity index (χ4v) is 2.71. The summed E-state index contributed by atoms with van der Waals surface area (Å²) in [5.74, 6) is 0.535. The summed E-state index contributed by atoms with van der Waals surface area (Å²) >= 11 is 0. The van der Waals surface area contributed by atoms with Gasteiger partial charge in [0.25, 0.3) is 0 Å². The molecule has 1 N–H and O–H groups in total. The molecule has 0 aliphatic carbocycles. The highest BCUT2D eigenvalue weighted by molar-refractivity contribution is 5.72. The smallest absolute Gasteiger partial charge is 0.310 e. The molecule has 1 fully saturated rings. The lowest BCUT2D eigenvalue weighted by molar-refractivity contribution is -0.150. The van der Waals surface area contributed by atoms with Gasteiger partial charge >= 0.3 is 5.97 Å². The van der Waals surface area contributed by atoms with E-state index in [0.29, 0.717) is 26.3 Å². The van der Waals surface area contributed by atoms with E-state index >= 15 is 0 Å². The van der Waals surface area contributed by atoms with Crippen molar-refractivity contribution >= 4 is 5.97 Å². The summed E-state index contributed by atoms with van der Waals surface area (Å²) in [5.41, 5.74) is 0. The van der Waals surface area contributed by atoms with Crippen molar-refractivity contribution in [2.75, 3.05) is 32.8 Å². The normalized spacial score (nSPS) is 20.7. The number of carbonyl (C=O) groups excluding carboxylic acids is 1. The summed E-state index contributed by atoms with van der Waals surface area (Å²) in [6, 6.07) is 3.64. The number of furan rings is 1. The topological polar surface area (TPSA) is 72.1 Å². The number of piperidine rings is 1. The minimum Gasteiger partial charge on any atom is -0.467 e. The minimum absolute atomic E-state index is 0.0788. The number of esters is 1. The number of ether oxygens (including phenoxy) is 2. The Bertz CT molecular complexity index is 434. The van der Waals surface area contributed by atoms with Crippen molar-refractivity contribution in [3.8, 4) is 0 Å². The van der Waals surface area contributed by atoms with Crippen molar-refractivity contribution in [3.63, 3.8) is 0 Å². The van der Waals surface area contributed by atoms with Crippen LogP contribution in [0.1, 0.15) is 25.5 Å². The zero-order chi connectivity index (χ0) is 15.8. The van der Waals surface area contributed by atoms with Crippen LogP contribution in [0.25, 0.3) is 0 Å². The summed E-state index contributed by atoms with van der Waals surface area (Å²) in [7, 11) is 0. The maximum absolute atomic E-state index is 11.8. The van der Waals surface area contributed by atoms with Gasteiger partial charge in [-0.3, -0.25) is 9.69 Å². The largest absolute Gasteiger partial charge is 0.467 e. The molecule has 1 aliphatic heterocycles. The lowest BCUT2D eigenvalue weighted by Crippen LogP contribution is -2.43. The summed E-state index contributed by atoms with van der Waals surface area (Å²) in [5, 5.41) is 10.0. The van der Waals surface area contributed by atoms with E-state index in [-0.39, 0.29) is 18.5 Å². The van der Waals surface area contributed by atoms with Crippen molar-refractivity contribution < 1.29 is 23.8 Å². The van der Waals surface area contributed by atoms with Gasteiger partial charge in [0.1, 0.15) is 12.4 Å². The molecule has 0 unspecified atom stereocenters. The molecule has 2 heterocycles. The zero-order valence-corrected chi connectivity index (χ0v) is 13.1. The van der Waals surface area contributed by atoms with E-state index in [0.717, 1.165) is 25.1 Å². The standard InChI is InChI=1S/C16H25NO5/c1-2-21-16(19)13-5-3-7-17(9-13)10-14(18)11-20-12-15-6-4-8-22-15/h4,6,8,13-14,18H,2-3,5,7,9-12H2,1H3/t13-,14-/m0/s1. The number of carbonyl (C=O) groups is 1. The van der Waals surface area contributed by atoms with Crippen LogP contribution in [0.4, 0.5) is 0 Å². The number of nitrogens with zero attached hydrogens (tertiary/aromatic N) is 1. The number of β-amino-alcohol motifs (C(OH)–C–C–N with tert-alkyl or cyclic N) is 1. The first-order chi connectivity index (χ1) is 10.7. The molecule has 0 spiro atoms. The number of hydrogen-bond donors (Lipinski definition) is 1. The van der Waals surface area contributed by atoms with Crippen molar-refractivity contribution in [2.24, 2.45) is 5.92 Å². The van der Waals surface area contributed by atoms with Gasteiger partial charge in [-0.05, 0) is 38.4 Å².